The first kappa shape index (κ1) is 16.3. The Bertz CT molecular complexity index is 808. The van der Waals surface area contributed by atoms with Crippen molar-refractivity contribution in [1.29, 1.82) is 0 Å². The Morgan fingerprint density at radius 3 is 2.81 bits per heavy atom. The summed E-state index contributed by atoms with van der Waals surface area (Å²) < 4.78 is 6.66. The van der Waals surface area contributed by atoms with E-state index in [1.807, 2.05) is 0 Å². The molecule has 0 aliphatic carbocycles. The highest BCUT2D eigenvalue weighted by Gasteiger charge is 2.51. The van der Waals surface area contributed by atoms with Crippen LogP contribution in [0.5, 0.6) is 5.75 Å². The number of ether oxygens (including phenoxy) is 1. The number of para-hydroxylation sites is 1. The monoisotopic (exact) mass is 367 g/mol. The van der Waals surface area contributed by atoms with Crippen LogP contribution in [0.25, 0.3) is 0 Å². The number of benzene rings is 1. The van der Waals surface area contributed by atoms with Crippen LogP contribution in [0, 0.1) is 0 Å². The van der Waals surface area contributed by atoms with Crippen molar-refractivity contribution < 1.29 is 4.74 Å². The smallest absolute Gasteiger partial charge is 0.200 e. The van der Waals surface area contributed by atoms with E-state index in [0.29, 0.717) is 6.04 Å². The van der Waals surface area contributed by atoms with Gasteiger partial charge in [0.2, 0.25) is 5.72 Å². The van der Waals surface area contributed by atoms with Crippen LogP contribution in [0.15, 0.2) is 46.9 Å². The van der Waals surface area contributed by atoms with E-state index < -0.39 is 0 Å². The third-order valence-corrected chi connectivity index (χ3v) is 6.81. The van der Waals surface area contributed by atoms with E-state index in [0.717, 1.165) is 38.1 Å². The molecule has 26 heavy (non-hydrogen) atoms. The summed E-state index contributed by atoms with van der Waals surface area (Å²) in [6.07, 6.45) is 4.21. The minimum Gasteiger partial charge on any atom is -0.466 e. The molecule has 3 aliphatic heterocycles. The lowest BCUT2D eigenvalue weighted by Gasteiger charge is -2.51. The molecule has 1 unspecified atom stereocenters. The zero-order valence-corrected chi connectivity index (χ0v) is 16.0. The normalized spacial score (nSPS) is 24.1. The first-order valence-corrected chi connectivity index (χ1v) is 10.6. The van der Waals surface area contributed by atoms with E-state index >= 15 is 0 Å². The number of thiophene rings is 1. The minimum absolute atomic E-state index is 0.289. The maximum absolute atomic E-state index is 6.66. The Morgan fingerprint density at radius 1 is 1.19 bits per heavy atom. The fraction of sp³-hybridized carbons (Fsp3) is 0.476. The number of hydrogen-bond acceptors (Lipinski definition) is 5. The van der Waals surface area contributed by atoms with Crippen LogP contribution in [0.3, 0.4) is 0 Å². The largest absolute Gasteiger partial charge is 0.466 e. The van der Waals surface area contributed by atoms with Crippen LogP contribution in [0.1, 0.15) is 49.1 Å². The molecule has 0 radical (unpaired) electrons. The first-order chi connectivity index (χ1) is 12.8. The number of rotatable bonds is 3. The molecule has 4 heterocycles. The maximum atomic E-state index is 6.66. The number of hydrazone groups is 1. The van der Waals surface area contributed by atoms with Crippen molar-refractivity contribution in [2.24, 2.45) is 5.10 Å². The molecule has 1 spiro atoms. The van der Waals surface area contributed by atoms with Crippen LogP contribution >= 0.6 is 11.3 Å². The highest BCUT2D eigenvalue weighted by molar-refractivity contribution is 7.12. The van der Waals surface area contributed by atoms with Crippen molar-refractivity contribution in [2.45, 2.75) is 44.4 Å². The molecule has 1 aromatic carbocycles. The summed E-state index contributed by atoms with van der Waals surface area (Å²) in [5.41, 5.74) is 2.20. The van der Waals surface area contributed by atoms with Gasteiger partial charge in [-0.05, 0) is 30.5 Å². The minimum atomic E-state index is -0.289. The second kappa shape index (κ2) is 6.39. The maximum Gasteiger partial charge on any atom is 0.200 e. The average Bonchev–Trinajstić information content (AvgIpc) is 3.34. The molecule has 0 saturated carbocycles. The zero-order valence-electron chi connectivity index (χ0n) is 15.2. The van der Waals surface area contributed by atoms with Gasteiger partial charge in [0.25, 0.3) is 0 Å². The van der Waals surface area contributed by atoms with Crippen LogP contribution in [-0.4, -0.2) is 41.0 Å². The third kappa shape index (κ3) is 2.57. The Labute approximate surface area is 159 Å². The third-order valence-electron chi connectivity index (χ3n) is 5.89. The molecule has 1 aromatic heterocycles. The van der Waals surface area contributed by atoms with Crippen molar-refractivity contribution in [2.75, 3.05) is 19.6 Å². The second-order valence-electron chi connectivity index (χ2n) is 7.52. The van der Waals surface area contributed by atoms with Gasteiger partial charge >= 0.3 is 0 Å². The number of hydrogen-bond donors (Lipinski definition) is 0. The van der Waals surface area contributed by atoms with Gasteiger partial charge in [-0.3, -0.25) is 0 Å². The van der Waals surface area contributed by atoms with Crippen LogP contribution < -0.4 is 4.74 Å². The molecule has 4 nitrogen and oxygen atoms in total. The van der Waals surface area contributed by atoms with Gasteiger partial charge in [0.15, 0.2) is 0 Å². The van der Waals surface area contributed by atoms with Crippen molar-refractivity contribution in [3.63, 3.8) is 0 Å². The molecule has 5 heteroatoms. The summed E-state index contributed by atoms with van der Waals surface area (Å²) in [5.74, 6) is 1.06. The van der Waals surface area contributed by atoms with Crippen molar-refractivity contribution >= 4 is 17.0 Å². The molecule has 2 aromatic rings. The van der Waals surface area contributed by atoms with Gasteiger partial charge in [0.1, 0.15) is 5.75 Å². The molecule has 1 saturated heterocycles. The number of piperidine rings is 1. The summed E-state index contributed by atoms with van der Waals surface area (Å²) >= 11 is 1.78. The predicted octanol–water partition coefficient (Wildman–Crippen LogP) is 4.49. The molecule has 5 rings (SSSR count). The molecule has 0 amide bonds. The molecule has 0 N–H and O–H groups in total. The van der Waals surface area contributed by atoms with Crippen molar-refractivity contribution in [3.05, 3.63) is 52.2 Å². The number of fused-ring (bicyclic) bond motifs is 4. The lowest BCUT2D eigenvalue weighted by atomic mass is 9.91. The quantitative estimate of drug-likeness (QED) is 0.800. The van der Waals surface area contributed by atoms with Gasteiger partial charge in [-0.25, -0.2) is 5.01 Å². The van der Waals surface area contributed by atoms with E-state index in [2.05, 4.69) is 58.6 Å². The average molecular weight is 368 g/mol. The Kier molecular flexibility index (Phi) is 4.02. The second-order valence-corrected chi connectivity index (χ2v) is 8.46. The summed E-state index contributed by atoms with van der Waals surface area (Å²) in [4.78, 5) is 3.85. The van der Waals surface area contributed by atoms with Crippen LogP contribution in [-0.2, 0) is 0 Å². The fourth-order valence-electron chi connectivity index (χ4n) is 4.59. The fourth-order valence-corrected chi connectivity index (χ4v) is 5.31. The van der Waals surface area contributed by atoms with Crippen LogP contribution in [0.4, 0.5) is 0 Å². The van der Waals surface area contributed by atoms with E-state index in [4.69, 9.17) is 9.84 Å². The number of nitrogens with zero attached hydrogens (tertiary/aromatic N) is 3. The zero-order chi connectivity index (χ0) is 17.6. The van der Waals surface area contributed by atoms with E-state index in [9.17, 15) is 0 Å². The predicted molar refractivity (Wildman–Crippen MR) is 106 cm³/mol. The number of likely N-dealkylation sites (tertiary alicyclic amines) is 1. The van der Waals surface area contributed by atoms with Gasteiger partial charge in [-0.2, -0.15) is 5.10 Å². The van der Waals surface area contributed by atoms with Crippen molar-refractivity contribution in [3.8, 4) is 5.75 Å². The highest BCUT2D eigenvalue weighted by Crippen LogP contribution is 2.50. The molecule has 0 bridgehead atoms. The molecule has 1 fully saturated rings. The van der Waals surface area contributed by atoms with Gasteiger partial charge in [-0.15, -0.1) is 11.3 Å². The van der Waals surface area contributed by atoms with Gasteiger partial charge in [0, 0.05) is 37.9 Å². The van der Waals surface area contributed by atoms with Gasteiger partial charge < -0.3 is 9.64 Å². The summed E-state index contributed by atoms with van der Waals surface area (Å²) in [5, 5.41) is 9.57. The molecule has 136 valence electrons. The highest BCUT2D eigenvalue weighted by atomic mass is 32.1. The lowest BCUT2D eigenvalue weighted by Crippen LogP contribution is -2.59. The molecule has 3 aliphatic rings. The topological polar surface area (TPSA) is 28.1 Å². The Morgan fingerprint density at radius 2 is 2.04 bits per heavy atom. The lowest BCUT2D eigenvalue weighted by molar-refractivity contribution is -0.149. The summed E-state index contributed by atoms with van der Waals surface area (Å²) in [6, 6.07) is 13.1. The molecule has 1 atom stereocenters. The first-order valence-electron chi connectivity index (χ1n) is 9.70. The summed E-state index contributed by atoms with van der Waals surface area (Å²) in [7, 11) is 0. The Hall–Kier alpha value is -1.85. The van der Waals surface area contributed by atoms with Crippen molar-refractivity contribution in [1.82, 2.24) is 9.91 Å². The standard InChI is InChI=1S/C21H25N3OS/c1-2-11-23-12-9-21(10-13-23)24-18(16-6-3-4-7-19(16)25-21)15-17(22-24)20-8-5-14-26-20/h3-8,14,18H,2,9-13,15H2,1H3. The van der Waals surface area contributed by atoms with Crippen LogP contribution in [0.2, 0.25) is 0 Å². The van der Waals surface area contributed by atoms with Gasteiger partial charge in [-0.1, -0.05) is 31.2 Å². The molecular weight excluding hydrogens is 342 g/mol. The van der Waals surface area contributed by atoms with E-state index in [1.54, 1.807) is 11.3 Å². The SMILES string of the molecule is CCCN1CCC2(CC1)Oc1ccccc1C1CC(c3cccs3)=NN12. The van der Waals surface area contributed by atoms with E-state index in [1.165, 1.54) is 29.1 Å². The van der Waals surface area contributed by atoms with E-state index in [-0.39, 0.29) is 5.72 Å². The summed E-state index contributed by atoms with van der Waals surface area (Å²) in [6.45, 7) is 5.61. The molecular formula is C21H25N3OS. The Balaban J connectivity index is 1.51. The van der Waals surface area contributed by atoms with Gasteiger partial charge in [0.05, 0.1) is 16.6 Å².